The topological polar surface area (TPSA) is 69.4 Å². The summed E-state index contributed by atoms with van der Waals surface area (Å²) in [4.78, 5) is 21.0. The lowest BCUT2D eigenvalue weighted by Gasteiger charge is -2.07. The molecular weight excluding hydrogens is 246 g/mol. The number of carbonyl (C=O) groups excluding carboxylic acids is 1. The maximum absolute atomic E-state index is 10.8. The van der Waals surface area contributed by atoms with Gasteiger partial charge in [-0.15, -0.1) is 0 Å². The summed E-state index contributed by atoms with van der Waals surface area (Å²) in [7, 11) is 0. The molecule has 5 nitrogen and oxygen atoms in total. The van der Waals surface area contributed by atoms with Crippen LogP contribution < -0.4 is 4.74 Å². The van der Waals surface area contributed by atoms with Crippen molar-refractivity contribution in [1.29, 1.82) is 0 Å². The highest BCUT2D eigenvalue weighted by atomic mass is 16.6. The smallest absolute Gasteiger partial charge is 0.310 e. The van der Waals surface area contributed by atoms with Crippen molar-refractivity contribution in [3.8, 4) is 5.75 Å². The molecule has 0 bridgehead atoms. The summed E-state index contributed by atoms with van der Waals surface area (Å²) in [5.74, 6) is 0.171. The van der Waals surface area contributed by atoms with Crippen LogP contribution in [-0.4, -0.2) is 17.8 Å². The van der Waals surface area contributed by atoms with E-state index < -0.39 is 4.92 Å². The second-order valence-corrected chi connectivity index (χ2v) is 4.36. The van der Waals surface area contributed by atoms with Gasteiger partial charge in [0.25, 0.3) is 0 Å². The highest BCUT2D eigenvalue weighted by Gasteiger charge is 2.15. The molecule has 0 spiro atoms. The first-order valence-corrected chi connectivity index (χ1v) is 6.55. The van der Waals surface area contributed by atoms with Crippen molar-refractivity contribution in [2.24, 2.45) is 0 Å². The number of nitro groups is 1. The van der Waals surface area contributed by atoms with Crippen molar-refractivity contribution in [1.82, 2.24) is 0 Å². The monoisotopic (exact) mass is 265 g/mol. The normalized spacial score (nSPS) is 10.2. The van der Waals surface area contributed by atoms with Crippen LogP contribution in [-0.2, 0) is 0 Å². The summed E-state index contributed by atoms with van der Waals surface area (Å²) >= 11 is 0. The van der Waals surface area contributed by atoms with Gasteiger partial charge in [-0.3, -0.25) is 14.9 Å². The van der Waals surface area contributed by atoms with E-state index in [0.29, 0.717) is 18.5 Å². The maximum atomic E-state index is 10.8. The Bertz CT molecular complexity index is 431. The van der Waals surface area contributed by atoms with Crippen molar-refractivity contribution in [2.45, 2.75) is 39.0 Å². The molecule has 0 aliphatic carbocycles. The van der Waals surface area contributed by atoms with Crippen LogP contribution in [0, 0.1) is 10.1 Å². The molecule has 1 rings (SSSR count). The quantitative estimate of drug-likeness (QED) is 0.295. The molecule has 0 aliphatic heterocycles. The number of rotatable bonds is 9. The molecule has 0 aromatic heterocycles. The van der Waals surface area contributed by atoms with Crippen LogP contribution in [0.3, 0.4) is 0 Å². The molecule has 5 heteroatoms. The van der Waals surface area contributed by atoms with Gasteiger partial charge in [0.05, 0.1) is 11.5 Å². The van der Waals surface area contributed by atoms with Crippen molar-refractivity contribution < 1.29 is 14.5 Å². The Morgan fingerprint density at radius 2 is 2.00 bits per heavy atom. The number of aldehydes is 1. The molecule has 1 aromatic carbocycles. The van der Waals surface area contributed by atoms with Crippen LogP contribution in [0.5, 0.6) is 5.75 Å². The van der Waals surface area contributed by atoms with E-state index >= 15 is 0 Å². The molecule has 0 radical (unpaired) electrons. The summed E-state index contributed by atoms with van der Waals surface area (Å²) in [6.45, 7) is 2.58. The van der Waals surface area contributed by atoms with Gasteiger partial charge in [-0.05, 0) is 18.6 Å². The minimum Gasteiger partial charge on any atom is -0.487 e. The van der Waals surface area contributed by atoms with Gasteiger partial charge in [-0.1, -0.05) is 32.6 Å². The van der Waals surface area contributed by atoms with Crippen LogP contribution in [0.4, 0.5) is 5.69 Å². The molecule has 0 unspecified atom stereocenters. The van der Waals surface area contributed by atoms with Crippen molar-refractivity contribution in [3.63, 3.8) is 0 Å². The second-order valence-electron chi connectivity index (χ2n) is 4.36. The molecular formula is C14H19NO4. The van der Waals surface area contributed by atoms with Crippen molar-refractivity contribution >= 4 is 12.0 Å². The van der Waals surface area contributed by atoms with Crippen molar-refractivity contribution in [3.05, 3.63) is 33.9 Å². The fraction of sp³-hybridized carbons (Fsp3) is 0.500. The molecule has 0 fully saturated rings. The fourth-order valence-electron chi connectivity index (χ4n) is 1.76. The maximum Gasteiger partial charge on any atom is 0.310 e. The van der Waals surface area contributed by atoms with Gasteiger partial charge in [-0.2, -0.15) is 0 Å². The van der Waals surface area contributed by atoms with Crippen LogP contribution in [0.15, 0.2) is 18.2 Å². The number of hydrogen-bond acceptors (Lipinski definition) is 4. The summed E-state index contributed by atoms with van der Waals surface area (Å²) in [6.07, 6.45) is 6.08. The van der Waals surface area contributed by atoms with E-state index in [1.165, 1.54) is 31.0 Å². The van der Waals surface area contributed by atoms with E-state index in [2.05, 4.69) is 6.92 Å². The first-order valence-electron chi connectivity index (χ1n) is 6.55. The fourth-order valence-corrected chi connectivity index (χ4v) is 1.76. The highest BCUT2D eigenvalue weighted by Crippen LogP contribution is 2.27. The minimum atomic E-state index is -0.499. The Hall–Kier alpha value is -1.91. The molecule has 0 saturated carbocycles. The Labute approximate surface area is 112 Å². The largest absolute Gasteiger partial charge is 0.487 e. The minimum absolute atomic E-state index is 0.0980. The zero-order chi connectivity index (χ0) is 14.1. The number of carbonyl (C=O) groups is 1. The van der Waals surface area contributed by atoms with Gasteiger partial charge in [0.15, 0.2) is 5.75 Å². The zero-order valence-electron chi connectivity index (χ0n) is 11.1. The van der Waals surface area contributed by atoms with E-state index in [0.717, 1.165) is 19.3 Å². The predicted molar refractivity (Wildman–Crippen MR) is 72.7 cm³/mol. The Morgan fingerprint density at radius 1 is 1.26 bits per heavy atom. The highest BCUT2D eigenvalue weighted by molar-refractivity contribution is 5.76. The molecule has 1 aromatic rings. The van der Waals surface area contributed by atoms with Crippen LogP contribution in [0.25, 0.3) is 0 Å². The van der Waals surface area contributed by atoms with Gasteiger partial charge in [0.1, 0.15) is 6.29 Å². The lowest BCUT2D eigenvalue weighted by atomic mass is 10.1. The molecule has 19 heavy (non-hydrogen) atoms. The number of hydrogen-bond donors (Lipinski definition) is 0. The second kappa shape index (κ2) is 8.24. The van der Waals surface area contributed by atoms with E-state index in [1.807, 2.05) is 0 Å². The van der Waals surface area contributed by atoms with Crippen LogP contribution >= 0.6 is 0 Å². The number of nitro benzene ring substituents is 1. The Morgan fingerprint density at radius 3 is 2.63 bits per heavy atom. The van der Waals surface area contributed by atoms with Gasteiger partial charge in [-0.25, -0.2) is 0 Å². The zero-order valence-corrected chi connectivity index (χ0v) is 11.1. The number of nitrogens with zero attached hydrogens (tertiary/aromatic N) is 1. The molecule has 0 N–H and O–H groups in total. The van der Waals surface area contributed by atoms with Gasteiger partial charge < -0.3 is 4.74 Å². The van der Waals surface area contributed by atoms with Crippen LogP contribution in [0.2, 0.25) is 0 Å². The summed E-state index contributed by atoms with van der Waals surface area (Å²) in [5.41, 5.74) is 0.283. The van der Waals surface area contributed by atoms with E-state index in [4.69, 9.17) is 4.74 Å². The molecule has 104 valence electrons. The van der Waals surface area contributed by atoms with E-state index in [-0.39, 0.29) is 11.4 Å². The predicted octanol–water partition coefficient (Wildman–Crippen LogP) is 3.76. The molecule has 0 amide bonds. The van der Waals surface area contributed by atoms with Gasteiger partial charge in [0, 0.05) is 11.6 Å². The standard InChI is InChI=1S/C14H19NO4/c1-2-3-4-5-6-9-19-14-10-12(11-16)7-8-13(14)15(17)18/h7-8,10-11H,2-6,9H2,1H3. The third-order valence-corrected chi connectivity index (χ3v) is 2.82. The van der Waals surface area contributed by atoms with E-state index in [9.17, 15) is 14.9 Å². The van der Waals surface area contributed by atoms with Gasteiger partial charge in [0.2, 0.25) is 0 Å². The number of unbranched alkanes of at least 4 members (excludes halogenated alkanes) is 4. The molecule has 0 saturated heterocycles. The first-order chi connectivity index (χ1) is 9.19. The number of benzene rings is 1. The summed E-state index contributed by atoms with van der Waals surface area (Å²) < 4.78 is 5.42. The van der Waals surface area contributed by atoms with Crippen LogP contribution in [0.1, 0.15) is 49.4 Å². The molecule has 0 heterocycles. The van der Waals surface area contributed by atoms with E-state index in [1.54, 1.807) is 0 Å². The Balaban J connectivity index is 2.55. The molecule has 0 atom stereocenters. The third-order valence-electron chi connectivity index (χ3n) is 2.82. The Kier molecular flexibility index (Phi) is 6.57. The summed E-state index contributed by atoms with van der Waals surface area (Å²) in [6, 6.07) is 4.13. The van der Waals surface area contributed by atoms with Crippen molar-refractivity contribution in [2.75, 3.05) is 6.61 Å². The molecule has 0 aliphatic rings. The number of ether oxygens (including phenoxy) is 1. The third kappa shape index (κ3) is 5.07. The lowest BCUT2D eigenvalue weighted by molar-refractivity contribution is -0.385. The average molecular weight is 265 g/mol. The lowest BCUT2D eigenvalue weighted by Crippen LogP contribution is -2.01. The first kappa shape index (κ1) is 15.1. The SMILES string of the molecule is CCCCCCCOc1cc(C=O)ccc1[N+](=O)[O-]. The van der Waals surface area contributed by atoms with Gasteiger partial charge >= 0.3 is 5.69 Å². The average Bonchev–Trinajstić information content (AvgIpc) is 2.42. The summed E-state index contributed by atoms with van der Waals surface area (Å²) in [5, 5.41) is 10.8.